The predicted octanol–water partition coefficient (Wildman–Crippen LogP) is 2.54. The maximum atomic E-state index is 13.6. The molecule has 2 aromatic carbocycles. The number of halogens is 1. The molecule has 150 valence electrons. The third kappa shape index (κ3) is 4.60. The lowest BCUT2D eigenvalue weighted by Gasteiger charge is -2.15. The number of sulfonamides is 1. The van der Waals surface area contributed by atoms with Crippen LogP contribution in [0.2, 0.25) is 0 Å². The van der Waals surface area contributed by atoms with Gasteiger partial charge in [0.15, 0.2) is 0 Å². The van der Waals surface area contributed by atoms with Crippen LogP contribution < -0.4 is 14.8 Å². The van der Waals surface area contributed by atoms with E-state index >= 15 is 0 Å². The van der Waals surface area contributed by atoms with Crippen molar-refractivity contribution in [1.29, 1.82) is 0 Å². The monoisotopic (exact) mass is 408 g/mol. The number of methoxy groups -OCH3 is 1. The van der Waals surface area contributed by atoms with Gasteiger partial charge in [0.25, 0.3) is 15.9 Å². The number of anilines is 1. The molecule has 0 saturated carbocycles. The van der Waals surface area contributed by atoms with Crippen molar-refractivity contribution >= 4 is 21.6 Å². The third-order valence-corrected chi connectivity index (χ3v) is 5.73. The second-order valence-electron chi connectivity index (χ2n) is 6.29. The highest BCUT2D eigenvalue weighted by atomic mass is 32.2. The molecular weight excluding hydrogens is 387 g/mol. The summed E-state index contributed by atoms with van der Waals surface area (Å²) in [5, 5.41) is 2.76. The van der Waals surface area contributed by atoms with Gasteiger partial charge in [0.1, 0.15) is 16.5 Å². The molecule has 2 N–H and O–H groups in total. The summed E-state index contributed by atoms with van der Waals surface area (Å²) in [4.78, 5) is 12.2. The maximum absolute atomic E-state index is 13.6. The van der Waals surface area contributed by atoms with Crippen LogP contribution in [0.15, 0.2) is 47.4 Å². The summed E-state index contributed by atoms with van der Waals surface area (Å²) < 4.78 is 52.0. The largest absolute Gasteiger partial charge is 0.495 e. The van der Waals surface area contributed by atoms with Crippen molar-refractivity contribution < 1.29 is 27.1 Å². The number of hydrogen-bond acceptors (Lipinski definition) is 5. The predicted molar refractivity (Wildman–Crippen MR) is 102 cm³/mol. The zero-order valence-corrected chi connectivity index (χ0v) is 16.1. The van der Waals surface area contributed by atoms with Crippen LogP contribution in [0.5, 0.6) is 5.75 Å². The molecule has 0 unspecified atom stereocenters. The third-order valence-electron chi connectivity index (χ3n) is 4.35. The normalized spacial score (nSPS) is 16.6. The Bertz CT molecular complexity index is 959. The maximum Gasteiger partial charge on any atom is 0.265 e. The average molecular weight is 408 g/mol. The Morgan fingerprint density at radius 3 is 2.79 bits per heavy atom. The van der Waals surface area contributed by atoms with Crippen LogP contribution in [0, 0.1) is 5.82 Å². The van der Waals surface area contributed by atoms with Gasteiger partial charge in [-0.2, -0.15) is 0 Å². The molecule has 0 spiro atoms. The van der Waals surface area contributed by atoms with E-state index in [0.29, 0.717) is 13.2 Å². The van der Waals surface area contributed by atoms with Gasteiger partial charge in [-0.15, -0.1) is 0 Å². The van der Waals surface area contributed by atoms with Gasteiger partial charge in [-0.25, -0.2) is 12.8 Å². The van der Waals surface area contributed by atoms with Crippen molar-refractivity contribution in [3.8, 4) is 5.75 Å². The minimum absolute atomic E-state index is 0.00536. The summed E-state index contributed by atoms with van der Waals surface area (Å²) in [7, 11) is -2.89. The first-order chi connectivity index (χ1) is 13.4. The first-order valence-corrected chi connectivity index (χ1v) is 10.2. The Morgan fingerprint density at radius 1 is 1.29 bits per heavy atom. The fourth-order valence-electron chi connectivity index (χ4n) is 2.94. The molecule has 0 aliphatic carbocycles. The van der Waals surface area contributed by atoms with Crippen molar-refractivity contribution in [3.05, 3.63) is 53.8 Å². The zero-order chi connectivity index (χ0) is 20.1. The topological polar surface area (TPSA) is 93.7 Å². The average Bonchev–Trinajstić information content (AvgIpc) is 3.20. The fourth-order valence-corrected chi connectivity index (χ4v) is 4.20. The molecule has 0 bridgehead atoms. The van der Waals surface area contributed by atoms with Gasteiger partial charge in [-0.1, -0.05) is 12.1 Å². The molecule has 9 heteroatoms. The standard InChI is InChI=1S/C19H21FN2O5S/c1-26-17-9-8-13(20)11-18(17)28(24,25)22-16-7-3-2-6-15(16)19(23)21-12-14-5-4-10-27-14/h2-3,6-9,11,14,22H,4-5,10,12H2,1H3,(H,21,23)/t14-/m1/s1. The number of hydrogen-bond donors (Lipinski definition) is 2. The van der Waals surface area contributed by atoms with Crippen LogP contribution in [-0.2, 0) is 14.8 Å². The highest BCUT2D eigenvalue weighted by Gasteiger charge is 2.23. The van der Waals surface area contributed by atoms with Crippen LogP contribution in [0.3, 0.4) is 0 Å². The fraction of sp³-hybridized carbons (Fsp3) is 0.316. The molecular formula is C19H21FN2O5S. The highest BCUT2D eigenvalue weighted by Crippen LogP contribution is 2.27. The molecule has 1 heterocycles. The van der Waals surface area contributed by atoms with E-state index in [2.05, 4.69) is 10.0 Å². The Labute approximate surface area is 162 Å². The van der Waals surface area contributed by atoms with E-state index in [4.69, 9.17) is 9.47 Å². The van der Waals surface area contributed by atoms with Crippen molar-refractivity contribution in [3.63, 3.8) is 0 Å². The summed E-state index contributed by atoms with van der Waals surface area (Å²) in [6.07, 6.45) is 1.78. The lowest BCUT2D eigenvalue weighted by molar-refractivity contribution is 0.0858. The van der Waals surface area contributed by atoms with Gasteiger partial charge in [-0.05, 0) is 43.2 Å². The first kappa shape index (κ1) is 20.1. The molecule has 3 rings (SSSR count). The molecule has 1 aliphatic heterocycles. The van der Waals surface area contributed by atoms with Gasteiger partial charge in [-0.3, -0.25) is 9.52 Å². The Hall–Kier alpha value is -2.65. The molecule has 2 aromatic rings. The van der Waals surface area contributed by atoms with Crippen molar-refractivity contribution in [1.82, 2.24) is 5.32 Å². The number of carbonyl (C=O) groups excluding carboxylic acids is 1. The van der Waals surface area contributed by atoms with Crippen LogP contribution in [0.1, 0.15) is 23.2 Å². The second-order valence-corrected chi connectivity index (χ2v) is 7.94. The highest BCUT2D eigenvalue weighted by molar-refractivity contribution is 7.92. The molecule has 7 nitrogen and oxygen atoms in total. The lowest BCUT2D eigenvalue weighted by Crippen LogP contribution is -2.32. The molecule has 28 heavy (non-hydrogen) atoms. The summed E-state index contributed by atoms with van der Waals surface area (Å²) in [5.74, 6) is -1.15. The molecule has 1 saturated heterocycles. The van der Waals surface area contributed by atoms with E-state index in [9.17, 15) is 17.6 Å². The van der Waals surface area contributed by atoms with E-state index in [1.807, 2.05) is 0 Å². The molecule has 1 fully saturated rings. The van der Waals surface area contributed by atoms with E-state index in [0.717, 1.165) is 25.0 Å². The number of nitrogens with one attached hydrogen (secondary N) is 2. The smallest absolute Gasteiger partial charge is 0.265 e. The lowest BCUT2D eigenvalue weighted by atomic mass is 10.1. The van der Waals surface area contributed by atoms with E-state index in [1.54, 1.807) is 12.1 Å². The number of amides is 1. The SMILES string of the molecule is COc1ccc(F)cc1S(=O)(=O)Nc1ccccc1C(=O)NC[C@H]1CCCO1. The zero-order valence-electron chi connectivity index (χ0n) is 15.3. The van der Waals surface area contributed by atoms with Gasteiger partial charge >= 0.3 is 0 Å². The van der Waals surface area contributed by atoms with Gasteiger partial charge < -0.3 is 14.8 Å². The van der Waals surface area contributed by atoms with Crippen molar-refractivity contribution in [2.45, 2.75) is 23.8 Å². The molecule has 1 amide bonds. The number of benzene rings is 2. The molecule has 1 atom stereocenters. The Kier molecular flexibility index (Phi) is 6.15. The quantitative estimate of drug-likeness (QED) is 0.734. The van der Waals surface area contributed by atoms with Crippen LogP contribution >= 0.6 is 0 Å². The summed E-state index contributed by atoms with van der Waals surface area (Å²) in [6, 6.07) is 9.38. The minimum atomic E-state index is -4.18. The summed E-state index contributed by atoms with van der Waals surface area (Å²) >= 11 is 0. The van der Waals surface area contributed by atoms with Crippen molar-refractivity contribution in [2.24, 2.45) is 0 Å². The summed E-state index contributed by atoms with van der Waals surface area (Å²) in [5.41, 5.74) is 0.234. The molecule has 0 radical (unpaired) electrons. The van der Waals surface area contributed by atoms with Gasteiger partial charge in [0, 0.05) is 13.2 Å². The number of carbonyl (C=O) groups is 1. The Morgan fingerprint density at radius 2 is 2.07 bits per heavy atom. The second kappa shape index (κ2) is 8.57. The Balaban J connectivity index is 1.82. The first-order valence-electron chi connectivity index (χ1n) is 8.76. The molecule has 1 aliphatic rings. The molecule has 0 aromatic heterocycles. The minimum Gasteiger partial charge on any atom is -0.495 e. The van der Waals surface area contributed by atoms with Crippen LogP contribution in [-0.4, -0.2) is 40.7 Å². The van der Waals surface area contributed by atoms with Crippen LogP contribution in [0.25, 0.3) is 0 Å². The number of para-hydroxylation sites is 1. The van der Waals surface area contributed by atoms with E-state index in [1.165, 1.54) is 25.3 Å². The van der Waals surface area contributed by atoms with Gasteiger partial charge in [0.2, 0.25) is 0 Å². The number of rotatable bonds is 7. The van der Waals surface area contributed by atoms with E-state index < -0.39 is 21.7 Å². The van der Waals surface area contributed by atoms with Crippen LogP contribution in [0.4, 0.5) is 10.1 Å². The van der Waals surface area contributed by atoms with Crippen molar-refractivity contribution in [2.75, 3.05) is 25.0 Å². The number of ether oxygens (including phenoxy) is 2. The summed E-state index contributed by atoms with van der Waals surface area (Å²) in [6.45, 7) is 1.02. The van der Waals surface area contributed by atoms with Gasteiger partial charge in [0.05, 0.1) is 24.5 Å². The van der Waals surface area contributed by atoms with E-state index in [-0.39, 0.29) is 28.0 Å².